The standard InChI is InChI=1S/C45H54ClN9O5S/c1-55-39(24-31-26-51-36-10-3-2-9-33(31)36)43(59)53-27-34-32(28-13-15-29(16-14-28)41(57)49-22-23-56)17-18-35(46)40(34)61-44-30(8-7-21-50-44)25-52-37(12-6-20-48)42(58)54-38(45(55)60)11-4-5-19-47/h2-3,7-10,13-18,21,26,37-39,51-52,56H,4-6,11-12,19-20,22-25,27,47-48H2,1H3,(H,49,57)(H,53,59)(H,54,58)/t37-,38-,39-/m0/s1. The third kappa shape index (κ3) is 11.4. The van der Waals surface area contributed by atoms with E-state index < -0.39 is 29.9 Å². The summed E-state index contributed by atoms with van der Waals surface area (Å²) in [6.07, 6.45) is 6.30. The lowest BCUT2D eigenvalue weighted by atomic mass is 9.97. The first-order valence-corrected chi connectivity index (χ1v) is 21.8. The zero-order chi connectivity index (χ0) is 43.3. The summed E-state index contributed by atoms with van der Waals surface area (Å²) < 4.78 is 0. The topological polar surface area (TPSA) is 221 Å². The molecule has 5 aromatic rings. The van der Waals surface area contributed by atoms with Gasteiger partial charge >= 0.3 is 0 Å². The van der Waals surface area contributed by atoms with Crippen molar-refractivity contribution in [3.8, 4) is 11.1 Å². The van der Waals surface area contributed by atoms with Gasteiger partial charge in [-0.25, -0.2) is 4.98 Å². The Balaban J connectivity index is 1.46. The molecule has 1 aliphatic heterocycles. The van der Waals surface area contributed by atoms with Crippen molar-refractivity contribution in [2.75, 3.05) is 33.3 Å². The van der Waals surface area contributed by atoms with E-state index in [2.05, 4.69) is 26.3 Å². The number of aromatic amines is 1. The number of hydrogen-bond acceptors (Lipinski definition) is 10. The molecule has 322 valence electrons. The van der Waals surface area contributed by atoms with Gasteiger partial charge in [0.1, 0.15) is 17.1 Å². The number of pyridine rings is 1. The number of benzene rings is 3. The average Bonchev–Trinajstić information content (AvgIpc) is 3.69. The second-order valence-electron chi connectivity index (χ2n) is 15.0. The Morgan fingerprint density at radius 2 is 1.70 bits per heavy atom. The van der Waals surface area contributed by atoms with Crippen molar-refractivity contribution in [2.45, 2.75) is 79.7 Å². The molecule has 0 aliphatic carbocycles. The summed E-state index contributed by atoms with van der Waals surface area (Å²) in [5, 5.41) is 23.5. The van der Waals surface area contributed by atoms with Gasteiger partial charge in [0, 0.05) is 66.9 Å². The zero-order valence-corrected chi connectivity index (χ0v) is 35.8. The maximum Gasteiger partial charge on any atom is 0.251 e. The summed E-state index contributed by atoms with van der Waals surface area (Å²) in [6.45, 7) is 1.07. The lowest BCUT2D eigenvalue weighted by Crippen LogP contribution is -2.57. The fraction of sp³-hybridized carbons (Fsp3) is 0.356. The Hall–Kier alpha value is -5.29. The van der Waals surface area contributed by atoms with Gasteiger partial charge in [0.05, 0.1) is 17.7 Å². The second-order valence-corrected chi connectivity index (χ2v) is 16.4. The number of aliphatic hydroxyl groups excluding tert-OH is 1. The fourth-order valence-corrected chi connectivity index (χ4v) is 8.83. The van der Waals surface area contributed by atoms with Crippen LogP contribution in [0.15, 0.2) is 95.1 Å². The smallest absolute Gasteiger partial charge is 0.251 e. The predicted octanol–water partition coefficient (Wildman–Crippen LogP) is 4.27. The number of fused-ring (bicyclic) bond motifs is 3. The number of rotatable bonds is 13. The lowest BCUT2D eigenvalue weighted by Gasteiger charge is -2.32. The van der Waals surface area contributed by atoms with E-state index >= 15 is 0 Å². The van der Waals surface area contributed by atoms with E-state index in [-0.39, 0.29) is 44.5 Å². The van der Waals surface area contributed by atoms with Crippen molar-refractivity contribution in [1.29, 1.82) is 0 Å². The molecule has 0 saturated carbocycles. The number of H-pyrrole nitrogens is 1. The van der Waals surface area contributed by atoms with Gasteiger partial charge < -0.3 is 47.7 Å². The number of likely N-dealkylation sites (N-methyl/N-ethyl adjacent to an activating group) is 1. The molecule has 3 atom stereocenters. The molecule has 16 heteroatoms. The van der Waals surface area contributed by atoms with Gasteiger partial charge in [0.2, 0.25) is 17.7 Å². The number of para-hydroxylation sites is 1. The third-order valence-electron chi connectivity index (χ3n) is 10.9. The molecule has 0 saturated heterocycles. The van der Waals surface area contributed by atoms with Crippen molar-refractivity contribution >= 4 is 57.9 Å². The van der Waals surface area contributed by atoms with Gasteiger partial charge in [-0.2, -0.15) is 0 Å². The molecule has 0 unspecified atom stereocenters. The number of nitrogens with one attached hydrogen (secondary N) is 5. The van der Waals surface area contributed by atoms with E-state index in [1.807, 2.05) is 60.8 Å². The molecule has 1 aliphatic rings. The normalized spacial score (nSPS) is 17.9. The monoisotopic (exact) mass is 867 g/mol. The van der Waals surface area contributed by atoms with Gasteiger partial charge in [-0.1, -0.05) is 65.8 Å². The Morgan fingerprint density at radius 1 is 0.934 bits per heavy atom. The predicted molar refractivity (Wildman–Crippen MR) is 239 cm³/mol. The summed E-state index contributed by atoms with van der Waals surface area (Å²) in [7, 11) is 1.61. The first-order chi connectivity index (χ1) is 29.6. The molecule has 10 N–H and O–H groups in total. The van der Waals surface area contributed by atoms with E-state index in [9.17, 15) is 24.3 Å². The van der Waals surface area contributed by atoms with Crippen LogP contribution in [0.5, 0.6) is 0 Å². The first kappa shape index (κ1) is 45.2. The maximum absolute atomic E-state index is 14.8. The van der Waals surface area contributed by atoms with E-state index in [0.29, 0.717) is 71.3 Å². The van der Waals surface area contributed by atoms with Crippen LogP contribution >= 0.6 is 23.4 Å². The zero-order valence-electron chi connectivity index (χ0n) is 34.2. The Bertz CT molecular complexity index is 2310. The second kappa shape index (κ2) is 22.0. The highest BCUT2D eigenvalue weighted by Gasteiger charge is 2.34. The highest BCUT2D eigenvalue weighted by molar-refractivity contribution is 7.99. The molecule has 0 fully saturated rings. The van der Waals surface area contributed by atoms with Crippen LogP contribution in [0.3, 0.4) is 0 Å². The van der Waals surface area contributed by atoms with Crippen LogP contribution in [0, 0.1) is 0 Å². The number of aromatic nitrogens is 2. The number of hydrogen-bond donors (Lipinski definition) is 8. The number of halogens is 1. The van der Waals surface area contributed by atoms with Crippen LogP contribution in [0.25, 0.3) is 22.0 Å². The van der Waals surface area contributed by atoms with E-state index in [0.717, 1.165) is 33.2 Å². The Kier molecular flexibility index (Phi) is 16.3. The minimum atomic E-state index is -0.986. The van der Waals surface area contributed by atoms with Crippen LogP contribution in [0.1, 0.15) is 59.2 Å². The fourth-order valence-electron chi connectivity index (χ4n) is 7.49. The molecule has 61 heavy (non-hydrogen) atoms. The summed E-state index contributed by atoms with van der Waals surface area (Å²) in [5.41, 5.74) is 17.0. The summed E-state index contributed by atoms with van der Waals surface area (Å²) >= 11 is 8.40. The Labute approximate surface area is 365 Å². The molecular weight excluding hydrogens is 814 g/mol. The molecule has 0 bridgehead atoms. The molecule has 0 radical (unpaired) electrons. The van der Waals surface area contributed by atoms with Gasteiger partial charge in [-0.15, -0.1) is 0 Å². The largest absolute Gasteiger partial charge is 0.395 e. The number of amides is 4. The van der Waals surface area contributed by atoms with Gasteiger partial charge in [0.25, 0.3) is 5.91 Å². The first-order valence-electron chi connectivity index (χ1n) is 20.6. The molecular formula is C45H54ClN9O5S. The molecule has 2 aromatic heterocycles. The summed E-state index contributed by atoms with van der Waals surface area (Å²) in [4.78, 5) is 66.4. The van der Waals surface area contributed by atoms with Crippen molar-refractivity contribution in [2.24, 2.45) is 11.5 Å². The highest BCUT2D eigenvalue weighted by atomic mass is 35.5. The van der Waals surface area contributed by atoms with E-state index in [4.69, 9.17) is 28.1 Å². The van der Waals surface area contributed by atoms with E-state index in [1.54, 1.807) is 31.4 Å². The van der Waals surface area contributed by atoms with E-state index in [1.165, 1.54) is 16.7 Å². The van der Waals surface area contributed by atoms with Gasteiger partial charge in [-0.3, -0.25) is 19.2 Å². The Morgan fingerprint density at radius 3 is 2.48 bits per heavy atom. The van der Waals surface area contributed by atoms with Crippen LogP contribution in [-0.2, 0) is 33.9 Å². The van der Waals surface area contributed by atoms with Crippen molar-refractivity contribution < 1.29 is 24.3 Å². The number of nitrogens with zero attached hydrogens (tertiary/aromatic N) is 2. The molecule has 0 spiro atoms. The molecule has 6 rings (SSSR count). The number of carbonyl (C=O) groups is 4. The van der Waals surface area contributed by atoms with Gasteiger partial charge in [-0.05, 0) is 103 Å². The number of aliphatic hydroxyl groups is 1. The van der Waals surface area contributed by atoms with Crippen LogP contribution in [-0.4, -0.2) is 95.0 Å². The number of nitrogens with two attached hydrogens (primary N) is 2. The van der Waals surface area contributed by atoms with Gasteiger partial charge in [0.15, 0.2) is 0 Å². The van der Waals surface area contributed by atoms with Crippen LogP contribution in [0.2, 0.25) is 5.02 Å². The molecule has 3 aromatic carbocycles. The molecule has 4 amide bonds. The SMILES string of the molecule is CN1C(=O)[C@H](CCCCN)NC(=O)[C@H](CCCN)NCc2cccnc2Sc2c(Cl)ccc(-c3ccc(C(=O)NCCO)cc3)c2CNC(=O)[C@@H]1Cc1c[nH]c2ccccc12. The third-order valence-corrected chi connectivity index (χ3v) is 12.5. The summed E-state index contributed by atoms with van der Waals surface area (Å²) in [6, 6.07) is 19.7. The maximum atomic E-state index is 14.8. The minimum absolute atomic E-state index is 0.0282. The quantitative estimate of drug-likeness (QED) is 0.0786. The molecule has 3 heterocycles. The lowest BCUT2D eigenvalue weighted by molar-refractivity contribution is -0.142. The van der Waals surface area contributed by atoms with Crippen LogP contribution in [0.4, 0.5) is 0 Å². The van der Waals surface area contributed by atoms with Crippen LogP contribution < -0.4 is 32.7 Å². The number of carbonyl (C=O) groups excluding carboxylic acids is 4. The highest BCUT2D eigenvalue weighted by Crippen LogP contribution is 2.41. The molecule has 14 nitrogen and oxygen atoms in total. The summed E-state index contributed by atoms with van der Waals surface area (Å²) in [5.74, 6) is -1.46. The van der Waals surface area contributed by atoms with Crippen molar-refractivity contribution in [3.63, 3.8) is 0 Å². The average molecular weight is 869 g/mol. The van der Waals surface area contributed by atoms with Crippen molar-refractivity contribution in [1.82, 2.24) is 36.1 Å². The van der Waals surface area contributed by atoms with Crippen molar-refractivity contribution in [3.05, 3.63) is 112 Å². The minimum Gasteiger partial charge on any atom is -0.395 e. The number of unbranched alkanes of at least 4 members (excludes halogenated alkanes) is 1.